The van der Waals surface area contributed by atoms with Gasteiger partial charge in [-0.2, -0.15) is 0 Å². The second-order valence-electron chi connectivity index (χ2n) is 8.87. The molecule has 2 aliphatic rings. The van der Waals surface area contributed by atoms with Gasteiger partial charge >= 0.3 is 0 Å². The molecule has 0 spiro atoms. The average molecular weight is 438 g/mol. The van der Waals surface area contributed by atoms with E-state index in [1.54, 1.807) is 19.1 Å². The highest BCUT2D eigenvalue weighted by molar-refractivity contribution is 5.89. The average Bonchev–Trinajstić information content (AvgIpc) is 3.16. The van der Waals surface area contributed by atoms with Crippen LogP contribution >= 0.6 is 0 Å². The number of piperidine rings is 1. The van der Waals surface area contributed by atoms with Gasteiger partial charge in [0, 0.05) is 64.9 Å². The quantitative estimate of drug-likeness (QED) is 0.715. The molecule has 4 rings (SSSR count). The number of carbonyl (C=O) groups excluding carboxylic acids is 2. The van der Waals surface area contributed by atoms with Crippen molar-refractivity contribution in [2.45, 2.75) is 25.2 Å². The molecule has 32 heavy (non-hydrogen) atoms. The summed E-state index contributed by atoms with van der Waals surface area (Å²) in [6.07, 6.45) is 3.91. The highest BCUT2D eigenvalue weighted by atomic mass is 16.5. The highest BCUT2D eigenvalue weighted by Gasteiger charge is 2.36. The largest absolute Gasteiger partial charge is 0.497 e. The normalized spacial score (nSPS) is 19.4. The highest BCUT2D eigenvalue weighted by Crippen LogP contribution is 2.36. The van der Waals surface area contributed by atoms with E-state index in [-0.39, 0.29) is 23.7 Å². The summed E-state index contributed by atoms with van der Waals surface area (Å²) < 4.78 is 5.29. The third-order valence-corrected chi connectivity index (χ3v) is 6.49. The third-order valence-electron chi connectivity index (χ3n) is 6.49. The van der Waals surface area contributed by atoms with Crippen molar-refractivity contribution in [3.8, 4) is 16.9 Å². The molecule has 2 saturated heterocycles. The smallest absolute Gasteiger partial charge is 0.227 e. The van der Waals surface area contributed by atoms with E-state index in [0.29, 0.717) is 32.0 Å². The molecule has 0 radical (unpaired) electrons. The first-order valence-electron chi connectivity index (χ1n) is 11.1. The van der Waals surface area contributed by atoms with Crippen LogP contribution in [0.1, 0.15) is 30.9 Å². The number of hydrogen-bond acceptors (Lipinski definition) is 6. The van der Waals surface area contributed by atoms with Crippen molar-refractivity contribution in [3.63, 3.8) is 0 Å². The molecule has 0 N–H and O–H groups in total. The molecular formula is C24H31N5O3. The van der Waals surface area contributed by atoms with E-state index in [2.05, 4.69) is 4.98 Å². The van der Waals surface area contributed by atoms with Gasteiger partial charge in [0.1, 0.15) is 5.75 Å². The van der Waals surface area contributed by atoms with Gasteiger partial charge in [0.25, 0.3) is 0 Å². The van der Waals surface area contributed by atoms with Gasteiger partial charge in [-0.25, -0.2) is 9.97 Å². The predicted molar refractivity (Wildman–Crippen MR) is 123 cm³/mol. The molecule has 170 valence electrons. The summed E-state index contributed by atoms with van der Waals surface area (Å²) in [5.41, 5.74) is 3.10. The van der Waals surface area contributed by atoms with E-state index in [1.165, 1.54) is 0 Å². The van der Waals surface area contributed by atoms with Gasteiger partial charge in [-0.05, 0) is 30.5 Å². The second-order valence-corrected chi connectivity index (χ2v) is 8.87. The third kappa shape index (κ3) is 4.40. The number of rotatable bonds is 5. The number of methoxy groups -OCH3 is 1. The molecule has 0 aliphatic carbocycles. The summed E-state index contributed by atoms with van der Waals surface area (Å²) in [7, 11) is 7.30. The lowest BCUT2D eigenvalue weighted by molar-refractivity contribution is -0.136. The number of ether oxygens (including phenoxy) is 1. The lowest BCUT2D eigenvalue weighted by Crippen LogP contribution is -2.42. The Bertz CT molecular complexity index is 984. The Kier molecular flexibility index (Phi) is 6.30. The lowest BCUT2D eigenvalue weighted by Gasteiger charge is -2.34. The second kappa shape index (κ2) is 9.14. The maximum Gasteiger partial charge on any atom is 0.227 e. The first-order chi connectivity index (χ1) is 15.4. The molecular weight excluding hydrogens is 406 g/mol. The number of benzene rings is 1. The minimum Gasteiger partial charge on any atom is -0.497 e. The molecule has 2 amide bonds. The van der Waals surface area contributed by atoms with Crippen molar-refractivity contribution >= 4 is 17.8 Å². The van der Waals surface area contributed by atoms with Crippen molar-refractivity contribution in [2.24, 2.45) is 5.92 Å². The molecule has 0 bridgehead atoms. The van der Waals surface area contributed by atoms with E-state index in [0.717, 1.165) is 35.4 Å². The fourth-order valence-electron chi connectivity index (χ4n) is 4.57. The summed E-state index contributed by atoms with van der Waals surface area (Å²) >= 11 is 0. The number of nitrogens with zero attached hydrogens (tertiary/aromatic N) is 5. The fourth-order valence-corrected chi connectivity index (χ4v) is 4.57. The standard InChI is InChI=1S/C24H31N5O3/c1-27(2)24-25-14-20(16-5-7-19(32-4)8-6-16)22(26-24)17-9-11-29(12-10-17)23(31)18-13-21(30)28(3)15-18/h5-8,14,17-18H,9-13,15H2,1-4H3. The van der Waals surface area contributed by atoms with Gasteiger partial charge < -0.3 is 19.4 Å². The predicted octanol–water partition coefficient (Wildman–Crippen LogP) is 2.40. The molecule has 1 unspecified atom stereocenters. The Labute approximate surface area is 189 Å². The van der Waals surface area contributed by atoms with Crippen LogP contribution in [0.2, 0.25) is 0 Å². The fraction of sp³-hybridized carbons (Fsp3) is 0.500. The van der Waals surface area contributed by atoms with Crippen LogP contribution in [0.3, 0.4) is 0 Å². The van der Waals surface area contributed by atoms with Crippen LogP contribution in [-0.4, -0.2) is 79.5 Å². The van der Waals surface area contributed by atoms with Gasteiger partial charge in [-0.3, -0.25) is 9.59 Å². The summed E-state index contributed by atoms with van der Waals surface area (Å²) in [5.74, 6) is 1.68. The molecule has 0 saturated carbocycles. The van der Waals surface area contributed by atoms with Gasteiger partial charge in [0.2, 0.25) is 17.8 Å². The number of amides is 2. The zero-order valence-electron chi connectivity index (χ0n) is 19.2. The monoisotopic (exact) mass is 437 g/mol. The first kappa shape index (κ1) is 22.0. The van der Waals surface area contributed by atoms with E-state index in [9.17, 15) is 9.59 Å². The molecule has 8 heteroatoms. The van der Waals surface area contributed by atoms with Gasteiger partial charge in [0.05, 0.1) is 18.7 Å². The zero-order valence-corrected chi connectivity index (χ0v) is 19.2. The Morgan fingerprint density at radius 3 is 2.41 bits per heavy atom. The maximum atomic E-state index is 12.9. The molecule has 1 aromatic carbocycles. The molecule has 2 aromatic rings. The summed E-state index contributed by atoms with van der Waals surface area (Å²) in [6.45, 7) is 1.89. The molecule has 3 heterocycles. The van der Waals surface area contributed by atoms with Crippen LogP contribution in [-0.2, 0) is 9.59 Å². The van der Waals surface area contributed by atoms with Crippen LogP contribution in [0.25, 0.3) is 11.1 Å². The lowest BCUT2D eigenvalue weighted by atomic mass is 9.88. The van der Waals surface area contributed by atoms with E-state index in [4.69, 9.17) is 9.72 Å². The van der Waals surface area contributed by atoms with Gasteiger partial charge in [0.15, 0.2) is 0 Å². The van der Waals surface area contributed by atoms with Crippen LogP contribution < -0.4 is 9.64 Å². The Hall–Kier alpha value is -3.16. The van der Waals surface area contributed by atoms with E-state index >= 15 is 0 Å². The SMILES string of the molecule is COc1ccc(-c2cnc(N(C)C)nc2C2CCN(C(=O)C3CC(=O)N(C)C3)CC2)cc1. The van der Waals surface area contributed by atoms with Gasteiger partial charge in [-0.1, -0.05) is 12.1 Å². The number of carbonyl (C=O) groups is 2. The van der Waals surface area contributed by atoms with Crippen LogP contribution in [0, 0.1) is 5.92 Å². The van der Waals surface area contributed by atoms with Crippen molar-refractivity contribution in [2.75, 3.05) is 52.8 Å². The molecule has 2 aliphatic heterocycles. The Morgan fingerprint density at radius 2 is 1.84 bits per heavy atom. The molecule has 8 nitrogen and oxygen atoms in total. The van der Waals surface area contributed by atoms with Crippen LogP contribution in [0.5, 0.6) is 5.75 Å². The van der Waals surface area contributed by atoms with Crippen molar-refractivity contribution in [1.29, 1.82) is 0 Å². The van der Waals surface area contributed by atoms with Gasteiger partial charge in [-0.15, -0.1) is 0 Å². The molecule has 2 fully saturated rings. The topological polar surface area (TPSA) is 78.9 Å². The van der Waals surface area contributed by atoms with Crippen LogP contribution in [0.4, 0.5) is 5.95 Å². The van der Waals surface area contributed by atoms with E-state index < -0.39 is 0 Å². The minimum absolute atomic E-state index is 0.0552. The zero-order chi connectivity index (χ0) is 22.8. The Balaban J connectivity index is 1.53. The number of likely N-dealkylation sites (tertiary alicyclic amines) is 2. The Morgan fingerprint density at radius 1 is 1.16 bits per heavy atom. The summed E-state index contributed by atoms with van der Waals surface area (Å²) in [5, 5.41) is 0. The first-order valence-corrected chi connectivity index (χ1v) is 11.1. The van der Waals surface area contributed by atoms with Crippen molar-refractivity contribution in [3.05, 3.63) is 36.2 Å². The summed E-state index contributed by atoms with van der Waals surface area (Å²) in [4.78, 5) is 39.7. The summed E-state index contributed by atoms with van der Waals surface area (Å²) in [6, 6.07) is 7.95. The molecule has 1 aromatic heterocycles. The maximum absolute atomic E-state index is 12.9. The molecule has 1 atom stereocenters. The minimum atomic E-state index is -0.210. The number of aromatic nitrogens is 2. The van der Waals surface area contributed by atoms with Crippen molar-refractivity contribution in [1.82, 2.24) is 19.8 Å². The number of hydrogen-bond donors (Lipinski definition) is 0. The van der Waals surface area contributed by atoms with Crippen LogP contribution in [0.15, 0.2) is 30.5 Å². The van der Waals surface area contributed by atoms with Crippen molar-refractivity contribution < 1.29 is 14.3 Å². The number of anilines is 1. The van der Waals surface area contributed by atoms with E-state index in [1.807, 2.05) is 54.4 Å².